The number of halogens is 3. The molecule has 1 atom stereocenters. The minimum atomic E-state index is -0.875. The van der Waals surface area contributed by atoms with Crippen molar-refractivity contribution < 1.29 is 8.78 Å². The lowest BCUT2D eigenvalue weighted by Crippen LogP contribution is -1.99. The van der Waals surface area contributed by atoms with Crippen molar-refractivity contribution in [3.63, 3.8) is 0 Å². The van der Waals surface area contributed by atoms with Gasteiger partial charge in [-0.25, -0.2) is 8.78 Å². The highest BCUT2D eigenvalue weighted by Crippen LogP contribution is 2.31. The minimum Gasteiger partial charge on any atom is -0.204 e. The topological polar surface area (TPSA) is 0 Å². The van der Waals surface area contributed by atoms with Gasteiger partial charge >= 0.3 is 0 Å². The van der Waals surface area contributed by atoms with Crippen molar-refractivity contribution in [3.8, 4) is 0 Å². The van der Waals surface area contributed by atoms with E-state index >= 15 is 0 Å². The molecule has 0 aliphatic heterocycles. The van der Waals surface area contributed by atoms with Gasteiger partial charge < -0.3 is 0 Å². The van der Waals surface area contributed by atoms with E-state index in [2.05, 4.69) is 6.92 Å². The SMILES string of the molecule is CCCc1ccc(C(Cl)c2cccc(F)c2F)cc1. The molecule has 2 aromatic rings. The van der Waals surface area contributed by atoms with E-state index in [0.29, 0.717) is 0 Å². The average molecular weight is 281 g/mol. The van der Waals surface area contributed by atoms with Crippen molar-refractivity contribution in [1.82, 2.24) is 0 Å². The van der Waals surface area contributed by atoms with Crippen LogP contribution in [0.2, 0.25) is 0 Å². The Morgan fingerprint density at radius 3 is 2.37 bits per heavy atom. The fourth-order valence-electron chi connectivity index (χ4n) is 2.04. The molecule has 0 aliphatic rings. The predicted molar refractivity (Wildman–Crippen MR) is 74.5 cm³/mol. The van der Waals surface area contributed by atoms with Crippen molar-refractivity contribution in [2.45, 2.75) is 25.1 Å². The molecule has 0 amide bonds. The van der Waals surface area contributed by atoms with Crippen molar-refractivity contribution in [3.05, 3.63) is 70.8 Å². The molecule has 100 valence electrons. The predicted octanol–water partition coefficient (Wildman–Crippen LogP) is 5.25. The number of hydrogen-bond donors (Lipinski definition) is 0. The van der Waals surface area contributed by atoms with Crippen molar-refractivity contribution in [2.24, 2.45) is 0 Å². The molecule has 0 saturated carbocycles. The lowest BCUT2D eigenvalue weighted by atomic mass is 10.0. The van der Waals surface area contributed by atoms with Crippen molar-refractivity contribution in [2.75, 3.05) is 0 Å². The molecule has 0 aliphatic carbocycles. The highest BCUT2D eigenvalue weighted by Gasteiger charge is 2.17. The normalized spacial score (nSPS) is 12.4. The first-order chi connectivity index (χ1) is 9.13. The van der Waals surface area contributed by atoms with E-state index in [9.17, 15) is 8.78 Å². The molecule has 0 heterocycles. The zero-order valence-electron chi connectivity index (χ0n) is 10.7. The Kier molecular flexibility index (Phi) is 4.54. The molecule has 3 heteroatoms. The number of rotatable bonds is 4. The van der Waals surface area contributed by atoms with Gasteiger partial charge in [0.2, 0.25) is 0 Å². The second kappa shape index (κ2) is 6.16. The maximum absolute atomic E-state index is 13.7. The molecule has 2 rings (SSSR count). The van der Waals surface area contributed by atoms with Gasteiger partial charge in [-0.2, -0.15) is 0 Å². The Morgan fingerprint density at radius 1 is 1.05 bits per heavy atom. The van der Waals surface area contributed by atoms with Gasteiger partial charge in [-0.05, 0) is 23.6 Å². The summed E-state index contributed by atoms with van der Waals surface area (Å²) in [4.78, 5) is 0. The molecule has 0 bridgehead atoms. The largest absolute Gasteiger partial charge is 0.204 e. The van der Waals surface area contributed by atoms with Crippen LogP contribution < -0.4 is 0 Å². The molecule has 19 heavy (non-hydrogen) atoms. The first-order valence-electron chi connectivity index (χ1n) is 6.30. The molecular formula is C16H15ClF2. The van der Waals surface area contributed by atoms with Gasteiger partial charge in [0.15, 0.2) is 11.6 Å². The number of aryl methyl sites for hydroxylation is 1. The first kappa shape index (κ1) is 14.0. The zero-order chi connectivity index (χ0) is 13.8. The molecule has 1 unspecified atom stereocenters. The summed E-state index contributed by atoms with van der Waals surface area (Å²) in [5.41, 5.74) is 2.16. The van der Waals surface area contributed by atoms with E-state index in [-0.39, 0.29) is 5.56 Å². The van der Waals surface area contributed by atoms with E-state index in [1.807, 2.05) is 24.3 Å². The number of benzene rings is 2. The summed E-state index contributed by atoms with van der Waals surface area (Å²) in [7, 11) is 0. The Balaban J connectivity index is 2.28. The zero-order valence-corrected chi connectivity index (χ0v) is 11.4. The van der Waals surface area contributed by atoms with E-state index in [1.54, 1.807) is 0 Å². The third-order valence-corrected chi connectivity index (χ3v) is 3.55. The molecule has 0 aromatic heterocycles. The van der Waals surface area contributed by atoms with Crippen LogP contribution in [0.4, 0.5) is 8.78 Å². The summed E-state index contributed by atoms with van der Waals surface area (Å²) >= 11 is 6.23. The second-order valence-corrected chi connectivity index (χ2v) is 4.93. The monoisotopic (exact) mass is 280 g/mol. The number of alkyl halides is 1. The Hall–Kier alpha value is -1.41. The second-order valence-electron chi connectivity index (χ2n) is 4.50. The van der Waals surface area contributed by atoms with Crippen molar-refractivity contribution in [1.29, 1.82) is 0 Å². The molecule has 0 saturated heterocycles. The third kappa shape index (κ3) is 3.13. The van der Waals surface area contributed by atoms with Crippen LogP contribution in [-0.2, 0) is 6.42 Å². The molecule has 0 spiro atoms. The molecule has 0 fully saturated rings. The van der Waals surface area contributed by atoms with Gasteiger partial charge in [0.25, 0.3) is 0 Å². The fraction of sp³-hybridized carbons (Fsp3) is 0.250. The van der Waals surface area contributed by atoms with Gasteiger partial charge in [-0.1, -0.05) is 49.7 Å². The quantitative estimate of drug-likeness (QED) is 0.671. The highest BCUT2D eigenvalue weighted by molar-refractivity contribution is 6.22. The Bertz CT molecular complexity index is 549. The average Bonchev–Trinajstić information content (AvgIpc) is 2.42. The fourth-order valence-corrected chi connectivity index (χ4v) is 2.35. The summed E-state index contributed by atoms with van der Waals surface area (Å²) in [5, 5.41) is -0.675. The molecule has 0 N–H and O–H groups in total. The molecule has 0 nitrogen and oxygen atoms in total. The van der Waals surface area contributed by atoms with Gasteiger partial charge in [-0.3, -0.25) is 0 Å². The minimum absolute atomic E-state index is 0.171. The van der Waals surface area contributed by atoms with E-state index in [0.717, 1.165) is 24.5 Å². The third-order valence-electron chi connectivity index (χ3n) is 3.07. The molecule has 0 radical (unpaired) electrons. The van der Waals surface area contributed by atoms with Crippen LogP contribution in [0.15, 0.2) is 42.5 Å². The summed E-state index contributed by atoms with van der Waals surface area (Å²) in [5.74, 6) is -1.74. The van der Waals surface area contributed by atoms with Crippen LogP contribution in [0.25, 0.3) is 0 Å². The molecule has 2 aromatic carbocycles. The maximum atomic E-state index is 13.7. The summed E-state index contributed by atoms with van der Waals surface area (Å²) in [6, 6.07) is 11.8. The van der Waals surface area contributed by atoms with Crippen molar-refractivity contribution >= 4 is 11.6 Å². The van der Waals surface area contributed by atoms with Gasteiger partial charge in [0.1, 0.15) is 0 Å². The lowest BCUT2D eigenvalue weighted by molar-refractivity contribution is 0.500. The molecular weight excluding hydrogens is 266 g/mol. The standard InChI is InChI=1S/C16H15ClF2/c1-2-4-11-7-9-12(10-8-11)15(17)13-5-3-6-14(18)16(13)19/h3,5-10,15H,2,4H2,1H3. The van der Waals surface area contributed by atoms with E-state index < -0.39 is 17.0 Å². The van der Waals surface area contributed by atoms with E-state index in [4.69, 9.17) is 11.6 Å². The van der Waals surface area contributed by atoms with Gasteiger partial charge in [0, 0.05) is 5.56 Å². The summed E-state index contributed by atoms with van der Waals surface area (Å²) in [6.07, 6.45) is 2.07. The summed E-state index contributed by atoms with van der Waals surface area (Å²) < 4.78 is 26.9. The van der Waals surface area contributed by atoms with Crippen LogP contribution in [0.1, 0.15) is 35.4 Å². The maximum Gasteiger partial charge on any atom is 0.163 e. The van der Waals surface area contributed by atoms with Crippen LogP contribution in [0.3, 0.4) is 0 Å². The highest BCUT2D eigenvalue weighted by atomic mass is 35.5. The summed E-state index contributed by atoms with van der Waals surface area (Å²) in [6.45, 7) is 2.11. The number of hydrogen-bond acceptors (Lipinski definition) is 0. The van der Waals surface area contributed by atoms with Crippen LogP contribution in [0, 0.1) is 11.6 Å². The Morgan fingerprint density at radius 2 is 1.74 bits per heavy atom. The van der Waals surface area contributed by atoms with Crippen LogP contribution in [-0.4, -0.2) is 0 Å². The van der Waals surface area contributed by atoms with Crippen LogP contribution in [0.5, 0.6) is 0 Å². The first-order valence-corrected chi connectivity index (χ1v) is 6.74. The van der Waals surface area contributed by atoms with Gasteiger partial charge in [-0.15, -0.1) is 11.6 Å². The van der Waals surface area contributed by atoms with Gasteiger partial charge in [0.05, 0.1) is 5.38 Å². The smallest absolute Gasteiger partial charge is 0.163 e. The Labute approximate surface area is 117 Å². The lowest BCUT2D eigenvalue weighted by Gasteiger charge is -2.12. The van der Waals surface area contributed by atoms with E-state index in [1.165, 1.54) is 17.7 Å². The van der Waals surface area contributed by atoms with Crippen LogP contribution >= 0.6 is 11.6 Å².